The van der Waals surface area contributed by atoms with Gasteiger partial charge in [-0.3, -0.25) is 0 Å². The zero-order chi connectivity index (χ0) is 14.4. The number of rotatable bonds is 2. The molecule has 3 aromatic heterocycles. The number of hydrogen-bond acceptors (Lipinski definition) is 4. The summed E-state index contributed by atoms with van der Waals surface area (Å²) in [5, 5.41) is 2.79. The summed E-state index contributed by atoms with van der Waals surface area (Å²) in [5.74, 6) is 0.753. The molecule has 0 unspecified atom stereocenters. The number of fused-ring (bicyclic) bond motifs is 2. The van der Waals surface area contributed by atoms with Crippen molar-refractivity contribution < 1.29 is 0 Å². The van der Waals surface area contributed by atoms with Crippen molar-refractivity contribution in [1.82, 2.24) is 24.9 Å². The molecule has 0 amide bonds. The lowest BCUT2D eigenvalue weighted by Crippen LogP contribution is -1.91. The second-order valence-electron chi connectivity index (χ2n) is 4.95. The number of para-hydroxylation sites is 2. The molecular weight excluding hydrogens is 282 g/mol. The van der Waals surface area contributed by atoms with Crippen molar-refractivity contribution in [2.24, 2.45) is 0 Å². The summed E-state index contributed by atoms with van der Waals surface area (Å²) in [6, 6.07) is 10.1. The Morgan fingerprint density at radius 1 is 1.00 bits per heavy atom. The summed E-state index contributed by atoms with van der Waals surface area (Å²) in [4.78, 5) is 20.1. The summed E-state index contributed by atoms with van der Waals surface area (Å²) < 4.78 is 0. The van der Waals surface area contributed by atoms with Gasteiger partial charge in [0.05, 0.1) is 16.4 Å². The van der Waals surface area contributed by atoms with E-state index in [0.717, 1.165) is 43.8 Å². The van der Waals surface area contributed by atoms with Gasteiger partial charge in [0.25, 0.3) is 0 Å². The van der Waals surface area contributed by atoms with Gasteiger partial charge in [0, 0.05) is 5.69 Å². The molecule has 0 aliphatic rings. The Morgan fingerprint density at radius 2 is 1.86 bits per heavy atom. The molecular formula is C15H13N5S. The maximum atomic E-state index is 4.59. The van der Waals surface area contributed by atoms with E-state index in [-0.39, 0.29) is 0 Å². The van der Waals surface area contributed by atoms with Gasteiger partial charge in [0.1, 0.15) is 16.5 Å². The monoisotopic (exact) mass is 295 g/mol. The van der Waals surface area contributed by atoms with Crippen molar-refractivity contribution >= 4 is 33.8 Å². The van der Waals surface area contributed by atoms with E-state index >= 15 is 0 Å². The van der Waals surface area contributed by atoms with E-state index in [1.54, 1.807) is 0 Å². The largest absolute Gasteiger partial charge is 0.343 e. The van der Waals surface area contributed by atoms with Crippen LogP contribution in [0.2, 0.25) is 0 Å². The van der Waals surface area contributed by atoms with Crippen LogP contribution in [0.5, 0.6) is 0 Å². The van der Waals surface area contributed by atoms with Crippen LogP contribution in [0.1, 0.15) is 11.5 Å². The van der Waals surface area contributed by atoms with Crippen LogP contribution >= 0.6 is 11.8 Å². The van der Waals surface area contributed by atoms with E-state index in [1.807, 2.05) is 38.1 Å². The first-order valence-electron chi connectivity index (χ1n) is 6.65. The molecule has 2 N–H and O–H groups in total. The van der Waals surface area contributed by atoms with Gasteiger partial charge in [-0.1, -0.05) is 12.1 Å². The maximum Gasteiger partial charge on any atom is 0.172 e. The number of aromatic nitrogens is 5. The highest BCUT2D eigenvalue weighted by Gasteiger charge is 2.12. The van der Waals surface area contributed by atoms with Crippen molar-refractivity contribution in [3.05, 3.63) is 41.9 Å². The van der Waals surface area contributed by atoms with Crippen LogP contribution in [0, 0.1) is 13.8 Å². The number of imidazole rings is 1. The van der Waals surface area contributed by atoms with Gasteiger partial charge >= 0.3 is 0 Å². The van der Waals surface area contributed by atoms with Crippen LogP contribution in [0.25, 0.3) is 22.1 Å². The van der Waals surface area contributed by atoms with E-state index in [1.165, 1.54) is 11.8 Å². The van der Waals surface area contributed by atoms with Gasteiger partial charge in [0.2, 0.25) is 0 Å². The van der Waals surface area contributed by atoms with Crippen LogP contribution in [0.4, 0.5) is 0 Å². The topological polar surface area (TPSA) is 70.2 Å². The molecule has 0 radical (unpaired) electrons. The van der Waals surface area contributed by atoms with E-state index in [0.29, 0.717) is 0 Å². The number of aromatic amines is 2. The summed E-state index contributed by atoms with van der Waals surface area (Å²) in [7, 11) is 0. The molecule has 5 nitrogen and oxygen atoms in total. The molecule has 0 atom stereocenters. The molecule has 4 aromatic rings. The Kier molecular flexibility index (Phi) is 2.71. The minimum Gasteiger partial charge on any atom is -0.343 e. The lowest BCUT2D eigenvalue weighted by atomic mass is 10.3. The van der Waals surface area contributed by atoms with E-state index in [9.17, 15) is 0 Å². The van der Waals surface area contributed by atoms with Gasteiger partial charge in [-0.2, -0.15) is 0 Å². The third-order valence-electron chi connectivity index (χ3n) is 3.26. The quantitative estimate of drug-likeness (QED) is 0.554. The number of hydrogen-bond donors (Lipinski definition) is 2. The summed E-state index contributed by atoms with van der Waals surface area (Å²) in [6.07, 6.45) is 0. The molecule has 0 bridgehead atoms. The van der Waals surface area contributed by atoms with Crippen molar-refractivity contribution in [3.63, 3.8) is 0 Å². The third kappa shape index (κ3) is 2.17. The van der Waals surface area contributed by atoms with Gasteiger partial charge in [-0.25, -0.2) is 15.0 Å². The molecule has 6 heteroatoms. The van der Waals surface area contributed by atoms with E-state index < -0.39 is 0 Å². The molecule has 0 spiro atoms. The van der Waals surface area contributed by atoms with Crippen molar-refractivity contribution in [1.29, 1.82) is 0 Å². The molecule has 0 aliphatic heterocycles. The van der Waals surface area contributed by atoms with Crippen molar-refractivity contribution in [2.75, 3.05) is 0 Å². The van der Waals surface area contributed by atoms with Crippen LogP contribution < -0.4 is 0 Å². The Balaban J connectivity index is 1.82. The first kappa shape index (κ1) is 12.4. The minimum absolute atomic E-state index is 0.753. The smallest absolute Gasteiger partial charge is 0.172 e. The van der Waals surface area contributed by atoms with Gasteiger partial charge < -0.3 is 9.97 Å². The molecule has 0 fully saturated rings. The number of H-pyrrole nitrogens is 2. The highest BCUT2D eigenvalue weighted by molar-refractivity contribution is 7.99. The molecule has 0 aliphatic carbocycles. The molecule has 104 valence electrons. The average molecular weight is 295 g/mol. The SMILES string of the molecule is Cc1nc(Sc2nc3ccccc3[nH]2)c2cc(C)[nH]c2n1. The number of nitrogens with one attached hydrogen (secondary N) is 2. The predicted octanol–water partition coefficient (Wildman–Crippen LogP) is 3.60. The second-order valence-corrected chi connectivity index (χ2v) is 5.93. The molecule has 0 saturated heterocycles. The van der Waals surface area contributed by atoms with E-state index in [2.05, 4.69) is 31.0 Å². The first-order chi connectivity index (χ1) is 10.2. The summed E-state index contributed by atoms with van der Waals surface area (Å²) >= 11 is 1.53. The fraction of sp³-hybridized carbons (Fsp3) is 0.133. The Morgan fingerprint density at radius 3 is 2.71 bits per heavy atom. The zero-order valence-corrected chi connectivity index (χ0v) is 12.5. The first-order valence-corrected chi connectivity index (χ1v) is 7.47. The highest BCUT2D eigenvalue weighted by Crippen LogP contribution is 2.31. The standard InChI is InChI=1S/C15H13N5S/c1-8-7-10-13(16-8)17-9(2)18-14(10)21-15-19-11-5-3-4-6-12(11)20-15/h3-7H,1-2H3,(H,19,20)(H,16,17,18). The maximum absolute atomic E-state index is 4.59. The zero-order valence-electron chi connectivity index (χ0n) is 11.6. The fourth-order valence-corrected chi connectivity index (χ4v) is 3.30. The number of benzene rings is 1. The lowest BCUT2D eigenvalue weighted by Gasteiger charge is -2.00. The van der Waals surface area contributed by atoms with E-state index in [4.69, 9.17) is 0 Å². The number of aryl methyl sites for hydroxylation is 2. The second kappa shape index (κ2) is 4.60. The number of nitrogens with zero attached hydrogens (tertiary/aromatic N) is 3. The molecule has 4 rings (SSSR count). The van der Waals surface area contributed by atoms with Crippen molar-refractivity contribution in [2.45, 2.75) is 24.0 Å². The Bertz CT molecular complexity index is 920. The molecule has 1 aromatic carbocycles. The van der Waals surface area contributed by atoms with Gasteiger partial charge in [-0.15, -0.1) is 0 Å². The van der Waals surface area contributed by atoms with Gasteiger partial charge in [-0.05, 0) is 43.8 Å². The van der Waals surface area contributed by atoms with Crippen LogP contribution in [-0.4, -0.2) is 24.9 Å². The molecule has 3 heterocycles. The molecule has 21 heavy (non-hydrogen) atoms. The van der Waals surface area contributed by atoms with Gasteiger partial charge in [0.15, 0.2) is 5.16 Å². The van der Waals surface area contributed by atoms with Crippen LogP contribution in [0.3, 0.4) is 0 Å². The summed E-state index contributed by atoms with van der Waals surface area (Å²) in [5.41, 5.74) is 3.95. The highest BCUT2D eigenvalue weighted by atomic mass is 32.2. The predicted molar refractivity (Wildman–Crippen MR) is 83.6 cm³/mol. The minimum atomic E-state index is 0.753. The summed E-state index contributed by atoms with van der Waals surface area (Å²) in [6.45, 7) is 3.92. The molecule has 0 saturated carbocycles. The Labute approximate surface area is 125 Å². The van der Waals surface area contributed by atoms with Crippen molar-refractivity contribution in [3.8, 4) is 0 Å². The third-order valence-corrected chi connectivity index (χ3v) is 4.15. The van der Waals surface area contributed by atoms with Crippen LogP contribution in [0.15, 0.2) is 40.5 Å². The average Bonchev–Trinajstić information content (AvgIpc) is 3.00. The van der Waals surface area contributed by atoms with Crippen LogP contribution in [-0.2, 0) is 0 Å². The normalized spacial score (nSPS) is 11.5. The fourth-order valence-electron chi connectivity index (χ4n) is 2.37. The lowest BCUT2D eigenvalue weighted by molar-refractivity contribution is 0.993. The Hall–Kier alpha value is -2.34.